The molecule has 1 amide bonds. The molecule has 3 aromatic rings. The molecule has 5 nitrogen and oxygen atoms in total. The zero-order valence-electron chi connectivity index (χ0n) is 16.1. The van der Waals surface area contributed by atoms with Gasteiger partial charge in [-0.15, -0.1) is 0 Å². The van der Waals surface area contributed by atoms with Crippen molar-refractivity contribution >= 4 is 22.9 Å². The van der Waals surface area contributed by atoms with Gasteiger partial charge in [0.25, 0.3) is 5.91 Å². The summed E-state index contributed by atoms with van der Waals surface area (Å²) in [4.78, 5) is 12.3. The van der Waals surface area contributed by atoms with E-state index in [1.165, 1.54) is 0 Å². The summed E-state index contributed by atoms with van der Waals surface area (Å²) in [5, 5.41) is 6.05. The van der Waals surface area contributed by atoms with Crippen LogP contribution in [-0.2, 0) is 4.79 Å². The topological polar surface area (TPSA) is 59.9 Å². The van der Waals surface area contributed by atoms with Crippen molar-refractivity contribution < 1.29 is 14.3 Å². The molecule has 0 aliphatic rings. The van der Waals surface area contributed by atoms with Gasteiger partial charge < -0.3 is 9.47 Å². The van der Waals surface area contributed by atoms with E-state index in [1.54, 1.807) is 13.1 Å². The van der Waals surface area contributed by atoms with E-state index >= 15 is 0 Å². The molecule has 0 aromatic heterocycles. The minimum absolute atomic E-state index is 0.313. The molecule has 144 valence electrons. The number of carbonyl (C=O) groups is 1. The maximum absolute atomic E-state index is 12.3. The highest BCUT2D eigenvalue weighted by atomic mass is 16.5. The smallest absolute Gasteiger partial charge is 0.280 e. The second-order valence-electron chi connectivity index (χ2n) is 6.39. The first-order chi connectivity index (χ1) is 13.7. The second-order valence-corrected chi connectivity index (χ2v) is 6.39. The van der Waals surface area contributed by atoms with E-state index in [2.05, 4.69) is 17.5 Å². The number of hydrogen-bond acceptors (Lipinski definition) is 4. The monoisotopic (exact) mass is 376 g/mol. The van der Waals surface area contributed by atoms with Crippen LogP contribution in [0.2, 0.25) is 0 Å². The van der Waals surface area contributed by atoms with Crippen molar-refractivity contribution in [1.82, 2.24) is 5.43 Å². The number of hydrogen-bond donors (Lipinski definition) is 1. The van der Waals surface area contributed by atoms with E-state index < -0.39 is 6.10 Å². The first-order valence-electron chi connectivity index (χ1n) is 9.37. The van der Waals surface area contributed by atoms with Crippen LogP contribution in [0.15, 0.2) is 71.8 Å². The summed E-state index contributed by atoms with van der Waals surface area (Å²) in [5.74, 6) is 1.18. The number of nitrogens with zero attached hydrogens (tertiary/aromatic N) is 1. The number of rotatable bonds is 8. The number of benzene rings is 3. The van der Waals surface area contributed by atoms with Gasteiger partial charge in [0.15, 0.2) is 6.10 Å². The number of carbonyl (C=O) groups excluding carboxylic acids is 1. The molecule has 0 aliphatic heterocycles. The SMILES string of the molecule is CCCOc1ccc(/C=N\NC(=O)[C@H](C)Oc2cccc3ccccc23)cc1. The number of hydrazone groups is 1. The molecule has 0 saturated heterocycles. The Morgan fingerprint density at radius 2 is 1.82 bits per heavy atom. The van der Waals surface area contributed by atoms with E-state index in [-0.39, 0.29) is 5.91 Å². The molecule has 3 aromatic carbocycles. The van der Waals surface area contributed by atoms with Crippen molar-refractivity contribution in [3.05, 3.63) is 72.3 Å². The van der Waals surface area contributed by atoms with E-state index in [0.29, 0.717) is 12.4 Å². The van der Waals surface area contributed by atoms with E-state index in [4.69, 9.17) is 9.47 Å². The van der Waals surface area contributed by atoms with Crippen LogP contribution in [0.4, 0.5) is 0 Å². The molecule has 0 spiro atoms. The Labute approximate surface area is 165 Å². The highest BCUT2D eigenvalue weighted by Crippen LogP contribution is 2.26. The van der Waals surface area contributed by atoms with Gasteiger partial charge in [-0.1, -0.05) is 43.3 Å². The highest BCUT2D eigenvalue weighted by molar-refractivity contribution is 5.89. The third kappa shape index (κ3) is 5.10. The molecule has 0 bridgehead atoms. The molecule has 0 heterocycles. The van der Waals surface area contributed by atoms with Gasteiger partial charge in [0.05, 0.1) is 12.8 Å². The summed E-state index contributed by atoms with van der Waals surface area (Å²) >= 11 is 0. The van der Waals surface area contributed by atoms with Crippen molar-refractivity contribution in [2.45, 2.75) is 26.4 Å². The van der Waals surface area contributed by atoms with Gasteiger partial charge >= 0.3 is 0 Å². The molecular weight excluding hydrogens is 352 g/mol. The van der Waals surface area contributed by atoms with Crippen molar-refractivity contribution in [3.8, 4) is 11.5 Å². The third-order valence-electron chi connectivity index (χ3n) is 4.16. The molecular formula is C23H24N2O3. The van der Waals surface area contributed by atoms with Crippen LogP contribution in [0.25, 0.3) is 10.8 Å². The predicted molar refractivity (Wildman–Crippen MR) is 112 cm³/mol. The average molecular weight is 376 g/mol. The molecule has 3 rings (SSSR count). The second kappa shape index (κ2) is 9.55. The Morgan fingerprint density at radius 1 is 1.07 bits per heavy atom. The lowest BCUT2D eigenvalue weighted by Crippen LogP contribution is -2.33. The molecule has 0 fully saturated rings. The number of amides is 1. The molecule has 0 aliphatic carbocycles. The fourth-order valence-corrected chi connectivity index (χ4v) is 2.67. The maximum atomic E-state index is 12.3. The highest BCUT2D eigenvalue weighted by Gasteiger charge is 2.15. The lowest BCUT2D eigenvalue weighted by atomic mass is 10.1. The maximum Gasteiger partial charge on any atom is 0.280 e. The van der Waals surface area contributed by atoms with Gasteiger partial charge in [-0.25, -0.2) is 5.43 Å². The number of fused-ring (bicyclic) bond motifs is 1. The van der Waals surface area contributed by atoms with Crippen molar-refractivity contribution in [1.29, 1.82) is 0 Å². The van der Waals surface area contributed by atoms with Crippen LogP contribution >= 0.6 is 0 Å². The molecule has 1 N–H and O–H groups in total. The van der Waals surface area contributed by atoms with E-state index in [1.807, 2.05) is 66.7 Å². The molecule has 0 radical (unpaired) electrons. The minimum atomic E-state index is -0.673. The Morgan fingerprint density at radius 3 is 2.61 bits per heavy atom. The fourth-order valence-electron chi connectivity index (χ4n) is 2.67. The summed E-state index contributed by atoms with van der Waals surface area (Å²) in [5.41, 5.74) is 3.39. The van der Waals surface area contributed by atoms with E-state index in [0.717, 1.165) is 28.5 Å². The zero-order chi connectivity index (χ0) is 19.8. The van der Waals surface area contributed by atoms with Crippen LogP contribution in [0.5, 0.6) is 11.5 Å². The van der Waals surface area contributed by atoms with Crippen LogP contribution in [-0.4, -0.2) is 24.8 Å². The number of nitrogens with one attached hydrogen (secondary N) is 1. The van der Waals surface area contributed by atoms with Gasteiger partial charge in [0, 0.05) is 5.39 Å². The van der Waals surface area contributed by atoms with Crippen LogP contribution in [0.1, 0.15) is 25.8 Å². The first-order valence-corrected chi connectivity index (χ1v) is 9.37. The molecule has 0 saturated carbocycles. The van der Waals surface area contributed by atoms with E-state index in [9.17, 15) is 4.79 Å². The van der Waals surface area contributed by atoms with Gasteiger partial charge in [-0.3, -0.25) is 4.79 Å². The number of ether oxygens (including phenoxy) is 2. The largest absolute Gasteiger partial charge is 0.494 e. The summed E-state index contributed by atoms with van der Waals surface area (Å²) in [6.45, 7) is 4.46. The normalized spacial score (nSPS) is 12.1. The molecule has 5 heteroatoms. The van der Waals surface area contributed by atoms with Gasteiger partial charge in [-0.05, 0) is 54.6 Å². The molecule has 28 heavy (non-hydrogen) atoms. The first kappa shape index (κ1) is 19.4. The van der Waals surface area contributed by atoms with Crippen LogP contribution in [0, 0.1) is 0 Å². The van der Waals surface area contributed by atoms with Crippen molar-refractivity contribution in [2.24, 2.45) is 5.10 Å². The molecule has 0 unspecified atom stereocenters. The lowest BCUT2D eigenvalue weighted by molar-refractivity contribution is -0.127. The Hall–Kier alpha value is -3.34. The average Bonchev–Trinajstić information content (AvgIpc) is 2.73. The molecule has 1 atom stereocenters. The summed E-state index contributed by atoms with van der Waals surface area (Å²) in [7, 11) is 0. The quantitative estimate of drug-likeness (QED) is 0.464. The van der Waals surface area contributed by atoms with Gasteiger partial charge in [-0.2, -0.15) is 5.10 Å². The fraction of sp³-hybridized carbons (Fsp3) is 0.217. The Balaban J connectivity index is 1.56. The van der Waals surface area contributed by atoms with Crippen LogP contribution in [0.3, 0.4) is 0 Å². The van der Waals surface area contributed by atoms with Crippen LogP contribution < -0.4 is 14.9 Å². The van der Waals surface area contributed by atoms with Gasteiger partial charge in [0.1, 0.15) is 11.5 Å². The summed E-state index contributed by atoms with van der Waals surface area (Å²) in [6, 6.07) is 21.2. The van der Waals surface area contributed by atoms with Crippen molar-refractivity contribution in [2.75, 3.05) is 6.61 Å². The minimum Gasteiger partial charge on any atom is -0.494 e. The Kier molecular flexibility index (Phi) is 6.63. The third-order valence-corrected chi connectivity index (χ3v) is 4.16. The summed E-state index contributed by atoms with van der Waals surface area (Å²) < 4.78 is 11.4. The standard InChI is InChI=1S/C23H24N2O3/c1-3-15-27-20-13-11-18(12-14-20)16-24-25-23(26)17(2)28-22-10-6-8-19-7-4-5-9-21(19)22/h4-14,16-17H,3,15H2,1-2H3,(H,25,26)/b24-16-/t17-/m0/s1. The van der Waals surface area contributed by atoms with Crippen molar-refractivity contribution in [3.63, 3.8) is 0 Å². The summed E-state index contributed by atoms with van der Waals surface area (Å²) in [6.07, 6.45) is 1.88. The van der Waals surface area contributed by atoms with Gasteiger partial charge in [0.2, 0.25) is 0 Å². The predicted octanol–water partition coefficient (Wildman–Crippen LogP) is 4.55. The zero-order valence-corrected chi connectivity index (χ0v) is 16.1. The Bertz CT molecular complexity index is 946. The lowest BCUT2D eigenvalue weighted by Gasteiger charge is -2.14.